The van der Waals surface area contributed by atoms with E-state index in [0.29, 0.717) is 18.1 Å². The van der Waals surface area contributed by atoms with Gasteiger partial charge in [0.05, 0.1) is 0 Å². The summed E-state index contributed by atoms with van der Waals surface area (Å²) >= 11 is 0. The van der Waals surface area contributed by atoms with E-state index in [1.807, 2.05) is 25.3 Å². The van der Waals surface area contributed by atoms with E-state index in [9.17, 15) is 4.79 Å². The molecule has 2 aliphatic carbocycles. The summed E-state index contributed by atoms with van der Waals surface area (Å²) in [5, 5.41) is 0. The Morgan fingerprint density at radius 2 is 1.95 bits per heavy atom. The molecule has 2 aliphatic rings. The SMILES string of the molecule is Cc1ccc(CC(=O)C2CCC3CCCCC3C2)nc1. The van der Waals surface area contributed by atoms with Gasteiger partial charge < -0.3 is 0 Å². The Kier molecular flexibility index (Phi) is 4.18. The minimum absolute atomic E-state index is 0.303. The maximum absolute atomic E-state index is 12.5. The molecular formula is C18H25NO. The number of aryl methyl sites for hydroxylation is 1. The molecular weight excluding hydrogens is 246 g/mol. The first-order valence-corrected chi connectivity index (χ1v) is 8.16. The van der Waals surface area contributed by atoms with Gasteiger partial charge in [0.2, 0.25) is 0 Å². The highest BCUT2D eigenvalue weighted by Crippen LogP contribution is 2.43. The molecule has 2 nitrogen and oxygen atoms in total. The molecule has 1 heterocycles. The molecule has 0 amide bonds. The summed E-state index contributed by atoms with van der Waals surface area (Å²) < 4.78 is 0. The monoisotopic (exact) mass is 271 g/mol. The molecule has 0 N–H and O–H groups in total. The third-order valence-electron chi connectivity index (χ3n) is 5.32. The Morgan fingerprint density at radius 3 is 2.70 bits per heavy atom. The van der Waals surface area contributed by atoms with E-state index < -0.39 is 0 Å². The Hall–Kier alpha value is -1.18. The number of hydrogen-bond donors (Lipinski definition) is 0. The van der Waals surface area contributed by atoms with Gasteiger partial charge in [-0.1, -0.05) is 31.7 Å². The number of hydrogen-bond acceptors (Lipinski definition) is 2. The topological polar surface area (TPSA) is 30.0 Å². The lowest BCUT2D eigenvalue weighted by molar-refractivity contribution is -0.124. The van der Waals surface area contributed by atoms with Crippen LogP contribution >= 0.6 is 0 Å². The van der Waals surface area contributed by atoms with Crippen LogP contribution in [0.2, 0.25) is 0 Å². The first-order valence-electron chi connectivity index (χ1n) is 8.16. The average molecular weight is 271 g/mol. The number of carbonyl (C=O) groups excluding carboxylic acids is 1. The zero-order valence-electron chi connectivity index (χ0n) is 12.5. The molecule has 0 bridgehead atoms. The Labute approximate surface area is 122 Å². The number of Topliss-reactive ketones (excluding diaryl/α,β-unsaturated/α-hetero) is 1. The second kappa shape index (κ2) is 6.07. The van der Waals surface area contributed by atoms with E-state index in [0.717, 1.165) is 35.9 Å². The molecule has 0 radical (unpaired) electrons. The van der Waals surface area contributed by atoms with Gasteiger partial charge in [0.1, 0.15) is 5.78 Å². The van der Waals surface area contributed by atoms with Crippen molar-refractivity contribution in [3.8, 4) is 0 Å². The standard InChI is InChI=1S/C18H25NO/c1-13-6-9-17(19-12-13)11-18(20)16-8-7-14-4-2-3-5-15(14)10-16/h6,9,12,14-16H,2-5,7-8,10-11H2,1H3. The molecule has 2 fully saturated rings. The van der Waals surface area contributed by atoms with Crippen LogP contribution < -0.4 is 0 Å². The predicted octanol–water partition coefficient (Wildman–Crippen LogP) is 4.11. The Bertz CT molecular complexity index is 465. The fourth-order valence-corrected chi connectivity index (χ4v) is 4.09. The van der Waals surface area contributed by atoms with Crippen LogP contribution in [0.5, 0.6) is 0 Å². The lowest BCUT2D eigenvalue weighted by atomic mass is 9.66. The lowest BCUT2D eigenvalue weighted by Gasteiger charge is -2.38. The minimum Gasteiger partial charge on any atom is -0.299 e. The summed E-state index contributed by atoms with van der Waals surface area (Å²) in [7, 11) is 0. The summed E-state index contributed by atoms with van der Waals surface area (Å²) in [6.45, 7) is 2.03. The van der Waals surface area contributed by atoms with Crippen molar-refractivity contribution in [3.05, 3.63) is 29.6 Å². The number of ketones is 1. The molecule has 2 heteroatoms. The highest BCUT2D eigenvalue weighted by atomic mass is 16.1. The van der Waals surface area contributed by atoms with E-state index in [1.165, 1.54) is 32.1 Å². The second-order valence-corrected chi connectivity index (χ2v) is 6.78. The number of rotatable bonds is 3. The molecule has 108 valence electrons. The Morgan fingerprint density at radius 1 is 1.15 bits per heavy atom. The second-order valence-electron chi connectivity index (χ2n) is 6.78. The van der Waals surface area contributed by atoms with E-state index in [1.54, 1.807) is 0 Å². The van der Waals surface area contributed by atoms with Crippen molar-refractivity contribution in [2.75, 3.05) is 0 Å². The van der Waals surface area contributed by atoms with E-state index in [4.69, 9.17) is 0 Å². The van der Waals surface area contributed by atoms with Gasteiger partial charge in [-0.25, -0.2) is 0 Å². The maximum atomic E-state index is 12.5. The largest absolute Gasteiger partial charge is 0.299 e. The van der Waals surface area contributed by atoms with E-state index >= 15 is 0 Å². The third kappa shape index (κ3) is 3.11. The molecule has 3 unspecified atom stereocenters. The van der Waals surface area contributed by atoms with Crippen LogP contribution in [0.4, 0.5) is 0 Å². The molecule has 3 rings (SSSR count). The normalized spacial score (nSPS) is 29.8. The van der Waals surface area contributed by atoms with Gasteiger partial charge in [-0.3, -0.25) is 9.78 Å². The quantitative estimate of drug-likeness (QED) is 0.828. The molecule has 20 heavy (non-hydrogen) atoms. The fourth-order valence-electron chi connectivity index (χ4n) is 4.09. The summed E-state index contributed by atoms with van der Waals surface area (Å²) in [5.41, 5.74) is 2.09. The van der Waals surface area contributed by atoms with Crippen LogP contribution in [0, 0.1) is 24.7 Å². The van der Waals surface area contributed by atoms with Gasteiger partial charge in [0.15, 0.2) is 0 Å². The summed E-state index contributed by atoms with van der Waals surface area (Å²) in [6.07, 6.45) is 11.5. The van der Waals surface area contributed by atoms with Gasteiger partial charge in [-0.15, -0.1) is 0 Å². The summed E-state index contributed by atoms with van der Waals surface area (Å²) in [5.74, 6) is 2.48. The van der Waals surface area contributed by atoms with E-state index in [2.05, 4.69) is 4.98 Å². The van der Waals surface area contributed by atoms with Crippen molar-refractivity contribution in [1.82, 2.24) is 4.98 Å². The smallest absolute Gasteiger partial charge is 0.141 e. The van der Waals surface area contributed by atoms with Crippen molar-refractivity contribution in [3.63, 3.8) is 0 Å². The van der Waals surface area contributed by atoms with Gasteiger partial charge in [-0.2, -0.15) is 0 Å². The molecule has 0 saturated heterocycles. The average Bonchev–Trinajstić information content (AvgIpc) is 2.49. The molecule has 1 aromatic heterocycles. The number of carbonyl (C=O) groups is 1. The highest BCUT2D eigenvalue weighted by molar-refractivity contribution is 5.83. The zero-order chi connectivity index (χ0) is 13.9. The number of nitrogens with zero attached hydrogens (tertiary/aromatic N) is 1. The highest BCUT2D eigenvalue weighted by Gasteiger charge is 2.34. The van der Waals surface area contributed by atoms with Crippen molar-refractivity contribution in [2.45, 2.75) is 58.3 Å². The summed E-state index contributed by atoms with van der Waals surface area (Å²) in [4.78, 5) is 16.9. The minimum atomic E-state index is 0.303. The lowest BCUT2D eigenvalue weighted by Crippen LogP contribution is -2.31. The van der Waals surface area contributed by atoms with Crippen molar-refractivity contribution < 1.29 is 4.79 Å². The number of fused-ring (bicyclic) bond motifs is 1. The first-order chi connectivity index (χ1) is 9.72. The van der Waals surface area contributed by atoms with Crippen LogP contribution in [0.25, 0.3) is 0 Å². The zero-order valence-corrected chi connectivity index (χ0v) is 12.5. The summed E-state index contributed by atoms with van der Waals surface area (Å²) in [6, 6.07) is 4.05. The number of aromatic nitrogens is 1. The molecule has 2 saturated carbocycles. The predicted molar refractivity (Wildman–Crippen MR) is 80.5 cm³/mol. The van der Waals surface area contributed by atoms with Crippen LogP contribution in [0.3, 0.4) is 0 Å². The molecule has 0 aromatic carbocycles. The van der Waals surface area contributed by atoms with E-state index in [-0.39, 0.29) is 0 Å². The van der Waals surface area contributed by atoms with Gasteiger partial charge in [0, 0.05) is 24.2 Å². The van der Waals surface area contributed by atoms with Gasteiger partial charge in [0.25, 0.3) is 0 Å². The van der Waals surface area contributed by atoms with Crippen LogP contribution in [-0.2, 0) is 11.2 Å². The van der Waals surface area contributed by atoms with Crippen LogP contribution in [-0.4, -0.2) is 10.8 Å². The van der Waals surface area contributed by atoms with Crippen LogP contribution in [0.15, 0.2) is 18.3 Å². The first kappa shape index (κ1) is 13.8. The molecule has 1 aromatic rings. The Balaban J connectivity index is 1.58. The van der Waals surface area contributed by atoms with Crippen molar-refractivity contribution in [1.29, 1.82) is 0 Å². The fraction of sp³-hybridized carbons (Fsp3) is 0.667. The third-order valence-corrected chi connectivity index (χ3v) is 5.32. The molecule has 0 spiro atoms. The van der Waals surface area contributed by atoms with Gasteiger partial charge >= 0.3 is 0 Å². The molecule has 0 aliphatic heterocycles. The van der Waals surface area contributed by atoms with Crippen molar-refractivity contribution in [2.24, 2.45) is 17.8 Å². The number of pyridine rings is 1. The maximum Gasteiger partial charge on any atom is 0.141 e. The molecule has 3 atom stereocenters. The van der Waals surface area contributed by atoms with Crippen LogP contribution in [0.1, 0.15) is 56.2 Å². The van der Waals surface area contributed by atoms with Gasteiger partial charge in [-0.05, 0) is 49.7 Å². The van der Waals surface area contributed by atoms with Crippen molar-refractivity contribution >= 4 is 5.78 Å².